The summed E-state index contributed by atoms with van der Waals surface area (Å²) in [6.07, 6.45) is 6.76. The lowest BCUT2D eigenvalue weighted by Gasteiger charge is -2.28. The zero-order chi connectivity index (χ0) is 16.7. The number of rotatable bonds is 8. The standard InChI is InChI=1S/C14H20ClF2N3O2S/c15-6-1-7-23(21)12-4-2-10(3-5-12)20-14-18-8-11(9-19-14)22-13(16)17/h8-10,12-13H,1-7H2,(H,18,19,20). The molecule has 0 spiro atoms. The minimum absolute atomic E-state index is 0.0658. The molecule has 0 bridgehead atoms. The van der Waals surface area contributed by atoms with Crippen LogP contribution in [0.3, 0.4) is 0 Å². The molecule has 1 atom stereocenters. The van der Waals surface area contributed by atoms with Crippen LogP contribution < -0.4 is 10.1 Å². The molecule has 0 aromatic carbocycles. The highest BCUT2D eigenvalue weighted by atomic mass is 35.5. The second-order valence-corrected chi connectivity index (χ2v) is 7.58. The van der Waals surface area contributed by atoms with Crippen molar-refractivity contribution in [2.45, 2.75) is 50.0 Å². The number of aromatic nitrogens is 2. The summed E-state index contributed by atoms with van der Waals surface area (Å²) in [7, 11) is -0.808. The summed E-state index contributed by atoms with van der Waals surface area (Å²) < 4.78 is 40.4. The van der Waals surface area contributed by atoms with Gasteiger partial charge in [-0.3, -0.25) is 4.21 Å². The molecule has 1 aromatic rings. The molecule has 1 aliphatic carbocycles. The Morgan fingerprint density at radius 1 is 1.30 bits per heavy atom. The van der Waals surface area contributed by atoms with Crippen molar-refractivity contribution in [1.29, 1.82) is 0 Å². The van der Waals surface area contributed by atoms with Gasteiger partial charge < -0.3 is 10.1 Å². The van der Waals surface area contributed by atoms with Crippen molar-refractivity contribution in [2.75, 3.05) is 16.9 Å². The fourth-order valence-electron chi connectivity index (χ4n) is 2.57. The molecule has 1 aliphatic rings. The molecule has 0 amide bonds. The summed E-state index contributed by atoms with van der Waals surface area (Å²) >= 11 is 5.63. The van der Waals surface area contributed by atoms with Crippen molar-refractivity contribution < 1.29 is 17.7 Å². The van der Waals surface area contributed by atoms with Gasteiger partial charge in [-0.2, -0.15) is 8.78 Å². The third kappa shape index (κ3) is 6.18. The second kappa shape index (κ2) is 9.32. The monoisotopic (exact) mass is 367 g/mol. The average molecular weight is 368 g/mol. The molecule has 0 aliphatic heterocycles. The lowest BCUT2D eigenvalue weighted by molar-refractivity contribution is -0.0503. The minimum Gasteiger partial charge on any atom is -0.432 e. The number of hydrogen-bond acceptors (Lipinski definition) is 5. The van der Waals surface area contributed by atoms with E-state index in [1.807, 2.05) is 0 Å². The third-order valence-electron chi connectivity index (χ3n) is 3.71. The van der Waals surface area contributed by atoms with E-state index in [1.165, 1.54) is 12.4 Å². The Hall–Kier alpha value is -1.02. The van der Waals surface area contributed by atoms with Crippen LogP contribution in [0.1, 0.15) is 32.1 Å². The van der Waals surface area contributed by atoms with E-state index in [9.17, 15) is 13.0 Å². The topological polar surface area (TPSA) is 64.1 Å². The van der Waals surface area contributed by atoms with Crippen LogP contribution in [-0.4, -0.2) is 43.7 Å². The molecule has 5 nitrogen and oxygen atoms in total. The maximum Gasteiger partial charge on any atom is 0.387 e. The molecule has 9 heteroatoms. The average Bonchev–Trinajstić information content (AvgIpc) is 2.54. The Balaban J connectivity index is 1.76. The molecule has 23 heavy (non-hydrogen) atoms. The van der Waals surface area contributed by atoms with Crippen LogP contribution in [-0.2, 0) is 10.8 Å². The van der Waals surface area contributed by atoms with Crippen molar-refractivity contribution in [2.24, 2.45) is 0 Å². The van der Waals surface area contributed by atoms with Crippen molar-refractivity contribution in [1.82, 2.24) is 9.97 Å². The van der Waals surface area contributed by atoms with Gasteiger partial charge in [-0.1, -0.05) is 0 Å². The van der Waals surface area contributed by atoms with Gasteiger partial charge in [0.25, 0.3) is 0 Å². The predicted molar refractivity (Wildman–Crippen MR) is 86.7 cm³/mol. The van der Waals surface area contributed by atoms with Crippen molar-refractivity contribution in [3.05, 3.63) is 12.4 Å². The Morgan fingerprint density at radius 2 is 1.96 bits per heavy atom. The lowest BCUT2D eigenvalue weighted by atomic mass is 9.95. The van der Waals surface area contributed by atoms with Crippen LogP contribution in [0.25, 0.3) is 0 Å². The van der Waals surface area contributed by atoms with Gasteiger partial charge in [-0.05, 0) is 32.1 Å². The minimum atomic E-state index is -2.88. The number of nitrogens with zero attached hydrogens (tertiary/aromatic N) is 2. The Labute approximate surface area is 141 Å². The highest BCUT2D eigenvalue weighted by Crippen LogP contribution is 2.25. The molecule has 1 N–H and O–H groups in total. The van der Waals surface area contributed by atoms with Crippen LogP contribution >= 0.6 is 11.6 Å². The van der Waals surface area contributed by atoms with Gasteiger partial charge in [0.05, 0.1) is 12.4 Å². The molecule has 1 saturated carbocycles. The normalized spacial score (nSPS) is 22.8. The first-order chi connectivity index (χ1) is 11.1. The van der Waals surface area contributed by atoms with E-state index in [4.69, 9.17) is 11.6 Å². The first-order valence-corrected chi connectivity index (χ1v) is 9.46. The maximum atomic E-state index is 12.1. The number of alkyl halides is 3. The maximum absolute atomic E-state index is 12.1. The smallest absolute Gasteiger partial charge is 0.387 e. The van der Waals surface area contributed by atoms with Crippen molar-refractivity contribution in [3.8, 4) is 5.75 Å². The van der Waals surface area contributed by atoms with E-state index >= 15 is 0 Å². The van der Waals surface area contributed by atoms with Gasteiger partial charge in [0.15, 0.2) is 5.75 Å². The summed E-state index contributed by atoms with van der Waals surface area (Å²) in [6, 6.07) is 0.207. The molecule has 1 fully saturated rings. The Kier molecular flexibility index (Phi) is 7.42. The van der Waals surface area contributed by atoms with Gasteiger partial charge in [0.2, 0.25) is 5.95 Å². The molecule has 1 unspecified atom stereocenters. The van der Waals surface area contributed by atoms with Crippen LogP contribution in [0.5, 0.6) is 5.75 Å². The molecular formula is C14H20ClF2N3O2S. The molecule has 0 radical (unpaired) electrons. The summed E-state index contributed by atoms with van der Waals surface area (Å²) in [4.78, 5) is 7.93. The zero-order valence-electron chi connectivity index (χ0n) is 12.6. The summed E-state index contributed by atoms with van der Waals surface area (Å²) in [5.74, 6) is 1.54. The predicted octanol–water partition coefficient (Wildman–Crippen LogP) is 3.18. The van der Waals surface area contributed by atoms with Crippen LogP contribution in [0.4, 0.5) is 14.7 Å². The van der Waals surface area contributed by atoms with Crippen molar-refractivity contribution >= 4 is 28.3 Å². The fraction of sp³-hybridized carbons (Fsp3) is 0.714. The highest BCUT2D eigenvalue weighted by molar-refractivity contribution is 7.85. The fourth-order valence-corrected chi connectivity index (χ4v) is 4.42. The number of ether oxygens (including phenoxy) is 1. The highest BCUT2D eigenvalue weighted by Gasteiger charge is 2.25. The van der Waals surface area contributed by atoms with E-state index in [-0.39, 0.29) is 17.0 Å². The van der Waals surface area contributed by atoms with Crippen LogP contribution in [0, 0.1) is 0 Å². The van der Waals surface area contributed by atoms with E-state index in [1.54, 1.807) is 0 Å². The molecule has 130 valence electrons. The molecule has 1 heterocycles. The second-order valence-electron chi connectivity index (χ2n) is 5.37. The number of anilines is 1. The van der Waals surface area contributed by atoms with Gasteiger partial charge in [-0.15, -0.1) is 11.6 Å². The van der Waals surface area contributed by atoms with Crippen LogP contribution in [0.2, 0.25) is 0 Å². The molecule has 0 saturated heterocycles. The molecule has 2 rings (SSSR count). The van der Waals surface area contributed by atoms with Crippen LogP contribution in [0.15, 0.2) is 12.4 Å². The quantitative estimate of drug-likeness (QED) is 0.715. The Morgan fingerprint density at radius 3 is 2.52 bits per heavy atom. The van der Waals surface area contributed by atoms with Gasteiger partial charge >= 0.3 is 6.61 Å². The molecular weight excluding hydrogens is 348 g/mol. The van der Waals surface area contributed by atoms with E-state index in [0.29, 0.717) is 17.6 Å². The Bertz CT molecular complexity index is 499. The SMILES string of the molecule is O=S(CCCCl)C1CCC(Nc2ncc(OC(F)F)cn2)CC1. The van der Waals surface area contributed by atoms with Crippen molar-refractivity contribution in [3.63, 3.8) is 0 Å². The lowest BCUT2D eigenvalue weighted by Crippen LogP contribution is -2.31. The zero-order valence-corrected chi connectivity index (χ0v) is 14.2. The summed E-state index contributed by atoms with van der Waals surface area (Å²) in [5, 5.41) is 3.41. The van der Waals surface area contributed by atoms with Gasteiger partial charge in [0.1, 0.15) is 0 Å². The molecule has 1 aromatic heterocycles. The largest absolute Gasteiger partial charge is 0.432 e. The number of hydrogen-bond donors (Lipinski definition) is 1. The first-order valence-electron chi connectivity index (χ1n) is 7.55. The van der Waals surface area contributed by atoms with E-state index < -0.39 is 17.4 Å². The first kappa shape index (κ1) is 18.3. The van der Waals surface area contributed by atoms with E-state index in [2.05, 4.69) is 20.0 Å². The number of halogens is 3. The summed E-state index contributed by atoms with van der Waals surface area (Å²) in [6.45, 7) is -2.88. The van der Waals surface area contributed by atoms with Gasteiger partial charge in [0, 0.05) is 33.7 Å². The van der Waals surface area contributed by atoms with Gasteiger partial charge in [-0.25, -0.2) is 9.97 Å². The third-order valence-corrected chi connectivity index (χ3v) is 5.88. The summed E-state index contributed by atoms with van der Waals surface area (Å²) in [5.41, 5.74) is 0. The van der Waals surface area contributed by atoms with E-state index in [0.717, 1.165) is 32.1 Å². The number of nitrogens with one attached hydrogen (secondary N) is 1.